The Morgan fingerprint density at radius 1 is 1.28 bits per heavy atom. The Morgan fingerprint density at radius 3 is 2.81 bits per heavy atom. The van der Waals surface area contributed by atoms with E-state index in [0.717, 1.165) is 63.0 Å². The summed E-state index contributed by atoms with van der Waals surface area (Å²) < 4.78 is 20.0. The monoisotopic (exact) mass is 495 g/mol. The lowest BCUT2D eigenvalue weighted by molar-refractivity contribution is -0.247. The molecule has 4 bridgehead atoms. The van der Waals surface area contributed by atoms with E-state index in [9.17, 15) is 5.11 Å². The van der Waals surface area contributed by atoms with Gasteiger partial charge in [0.05, 0.1) is 17.6 Å². The van der Waals surface area contributed by atoms with Crippen LogP contribution in [0.2, 0.25) is 0 Å². The highest BCUT2D eigenvalue weighted by Crippen LogP contribution is 2.75. The number of likely N-dealkylation sites (N-methyl/N-ethyl adjacent to an activating group) is 1. The number of unbranched alkanes of at least 4 members (excludes halogenated alkanes) is 1. The first-order valence-electron chi connectivity index (χ1n) is 14.3. The van der Waals surface area contributed by atoms with E-state index in [2.05, 4.69) is 57.0 Å². The molecule has 1 saturated heterocycles. The molecule has 2 spiro atoms. The highest BCUT2D eigenvalue weighted by atomic mass is 16.6. The zero-order valence-corrected chi connectivity index (χ0v) is 23.1. The Morgan fingerprint density at radius 2 is 2.08 bits per heavy atom. The Kier molecular flexibility index (Phi) is 5.65. The summed E-state index contributed by atoms with van der Waals surface area (Å²) in [6.45, 7) is 10.5. The van der Waals surface area contributed by atoms with E-state index in [1.165, 1.54) is 11.1 Å². The van der Waals surface area contributed by atoms with Gasteiger partial charge in [-0.1, -0.05) is 45.4 Å². The van der Waals surface area contributed by atoms with Crippen molar-refractivity contribution in [3.8, 4) is 11.5 Å². The third-order valence-electron chi connectivity index (χ3n) is 10.8. The van der Waals surface area contributed by atoms with Gasteiger partial charge in [0.2, 0.25) is 0 Å². The first-order chi connectivity index (χ1) is 17.2. The molecule has 6 aliphatic rings. The number of methoxy groups -OCH3 is 1. The van der Waals surface area contributed by atoms with Gasteiger partial charge in [-0.3, -0.25) is 0 Å². The third-order valence-corrected chi connectivity index (χ3v) is 10.8. The van der Waals surface area contributed by atoms with Crippen molar-refractivity contribution < 1.29 is 19.3 Å². The summed E-state index contributed by atoms with van der Waals surface area (Å²) >= 11 is 0. The van der Waals surface area contributed by atoms with Crippen LogP contribution in [0.25, 0.3) is 0 Å². The van der Waals surface area contributed by atoms with Gasteiger partial charge < -0.3 is 24.2 Å². The molecule has 1 saturated carbocycles. The average Bonchev–Trinajstić information content (AvgIpc) is 3.23. The van der Waals surface area contributed by atoms with Gasteiger partial charge in [0.1, 0.15) is 11.7 Å². The molecule has 1 aromatic carbocycles. The molecule has 0 radical (unpaired) electrons. The number of hydrogen-bond acceptors (Lipinski definition) is 5. The molecule has 0 aromatic heterocycles. The molecule has 5 heteroatoms. The Balaban J connectivity index is 1.53. The Bertz CT molecular complexity index is 1060. The second-order valence-corrected chi connectivity index (χ2v) is 13.0. The molecule has 5 nitrogen and oxygen atoms in total. The van der Waals surface area contributed by atoms with Gasteiger partial charge in [0.25, 0.3) is 0 Å². The van der Waals surface area contributed by atoms with Crippen molar-refractivity contribution in [1.29, 1.82) is 0 Å². The number of rotatable bonds is 9. The van der Waals surface area contributed by atoms with Crippen LogP contribution in [-0.2, 0) is 16.6 Å². The maximum atomic E-state index is 12.1. The highest BCUT2D eigenvalue weighted by Gasteiger charge is 2.80. The van der Waals surface area contributed by atoms with Crippen LogP contribution < -0.4 is 9.47 Å². The lowest BCUT2D eigenvalue weighted by Gasteiger charge is -2.72. The number of piperidine rings is 1. The first kappa shape index (κ1) is 24.8. The van der Waals surface area contributed by atoms with Gasteiger partial charge in [0.15, 0.2) is 11.5 Å². The fourth-order valence-electron chi connectivity index (χ4n) is 8.95. The molecule has 0 amide bonds. The molecule has 7 atom stereocenters. The van der Waals surface area contributed by atoms with E-state index < -0.39 is 11.2 Å². The van der Waals surface area contributed by atoms with Crippen LogP contribution in [0.15, 0.2) is 24.3 Å². The van der Waals surface area contributed by atoms with Crippen molar-refractivity contribution in [2.45, 2.75) is 101 Å². The molecular formula is C31H45NO4. The number of hydrogen-bond donors (Lipinski definition) is 1. The summed E-state index contributed by atoms with van der Waals surface area (Å²) in [5, 5.41) is 12.1. The van der Waals surface area contributed by atoms with Gasteiger partial charge in [-0.05, 0) is 76.6 Å². The second kappa shape index (κ2) is 8.22. The van der Waals surface area contributed by atoms with Crippen molar-refractivity contribution >= 4 is 0 Å². The van der Waals surface area contributed by atoms with Gasteiger partial charge in [-0.2, -0.15) is 0 Å². The van der Waals surface area contributed by atoms with Crippen molar-refractivity contribution in [3.63, 3.8) is 0 Å². The first-order valence-corrected chi connectivity index (χ1v) is 14.3. The number of nitrogens with zero attached hydrogens (tertiary/aromatic N) is 1. The van der Waals surface area contributed by atoms with Crippen LogP contribution in [-0.4, -0.2) is 60.7 Å². The number of likely N-dealkylation sites (tertiary alicyclic amines) is 1. The summed E-state index contributed by atoms with van der Waals surface area (Å²) in [4.78, 5) is 2.57. The minimum atomic E-state index is -0.842. The summed E-state index contributed by atoms with van der Waals surface area (Å²) in [5.74, 6) is 2.35. The molecule has 2 aliphatic heterocycles. The quantitative estimate of drug-likeness (QED) is 0.373. The van der Waals surface area contributed by atoms with Crippen LogP contribution in [0, 0.1) is 17.3 Å². The summed E-state index contributed by atoms with van der Waals surface area (Å²) in [6.07, 6.45) is 11.5. The summed E-state index contributed by atoms with van der Waals surface area (Å²) in [6, 6.07) is 4.82. The molecule has 1 unspecified atom stereocenters. The molecule has 1 aromatic rings. The van der Waals surface area contributed by atoms with Crippen molar-refractivity contribution in [1.82, 2.24) is 4.90 Å². The number of fused-ring (bicyclic) bond motifs is 1. The number of ether oxygens (including phenoxy) is 3. The van der Waals surface area contributed by atoms with Crippen LogP contribution in [0.3, 0.4) is 0 Å². The van der Waals surface area contributed by atoms with E-state index in [1.54, 1.807) is 0 Å². The van der Waals surface area contributed by atoms with Crippen molar-refractivity contribution in [2.75, 3.05) is 27.3 Å². The molecule has 2 fully saturated rings. The largest absolute Gasteiger partial charge is 0.490 e. The molecular weight excluding hydrogens is 450 g/mol. The minimum absolute atomic E-state index is 0.0359. The van der Waals surface area contributed by atoms with Crippen molar-refractivity contribution in [2.24, 2.45) is 17.3 Å². The van der Waals surface area contributed by atoms with E-state index in [-0.39, 0.29) is 22.9 Å². The smallest absolute Gasteiger partial charge is 0.166 e. The van der Waals surface area contributed by atoms with E-state index in [4.69, 9.17) is 14.2 Å². The fourth-order valence-corrected chi connectivity index (χ4v) is 8.95. The zero-order chi connectivity index (χ0) is 25.5. The maximum absolute atomic E-state index is 12.1. The second-order valence-electron chi connectivity index (χ2n) is 13.0. The number of aliphatic hydroxyl groups is 1. The molecule has 198 valence electrons. The average molecular weight is 496 g/mol. The van der Waals surface area contributed by atoms with E-state index in [1.807, 2.05) is 14.0 Å². The van der Waals surface area contributed by atoms with E-state index in [0.29, 0.717) is 18.6 Å². The van der Waals surface area contributed by atoms with E-state index >= 15 is 0 Å². The van der Waals surface area contributed by atoms with Gasteiger partial charge in [0, 0.05) is 30.0 Å². The molecule has 4 aliphatic carbocycles. The van der Waals surface area contributed by atoms with Crippen molar-refractivity contribution in [3.05, 3.63) is 35.4 Å². The fraction of sp³-hybridized carbons (Fsp3) is 0.742. The summed E-state index contributed by atoms with van der Waals surface area (Å²) in [5.41, 5.74) is 1.05. The standard InChI is InChI=1S/C31H45NO4/c1-7-8-17-35-22-10-9-21-18-24-29-13-14-31(34-6,23(19-29)28(4,33)12-11-20(2)3)27-30(29,15-16-32(24)5)25(21)26(22)36-27/h9-10,13-14,20,23-24,27,33H,7-8,11-12,15-19H2,1-6H3/t23-,24-,27-,28-,29?,30+,31+/m1/s1. The summed E-state index contributed by atoms with van der Waals surface area (Å²) in [7, 11) is 4.11. The van der Waals surface area contributed by atoms with Gasteiger partial charge >= 0.3 is 0 Å². The highest BCUT2D eigenvalue weighted by molar-refractivity contribution is 5.65. The van der Waals surface area contributed by atoms with Crippen LogP contribution in [0.4, 0.5) is 0 Å². The maximum Gasteiger partial charge on any atom is 0.166 e. The van der Waals surface area contributed by atoms with Crippen LogP contribution in [0.5, 0.6) is 11.5 Å². The van der Waals surface area contributed by atoms with Crippen LogP contribution >= 0.6 is 0 Å². The Labute approximate surface area is 217 Å². The lowest BCUT2D eigenvalue weighted by Crippen LogP contribution is -2.80. The molecule has 1 N–H and O–H groups in total. The van der Waals surface area contributed by atoms with Gasteiger partial charge in [-0.25, -0.2) is 0 Å². The Hall–Kier alpha value is -1.56. The topological polar surface area (TPSA) is 51.2 Å². The van der Waals surface area contributed by atoms with Gasteiger partial charge in [-0.15, -0.1) is 0 Å². The predicted molar refractivity (Wildman–Crippen MR) is 142 cm³/mol. The molecule has 2 heterocycles. The molecule has 36 heavy (non-hydrogen) atoms. The molecule has 7 rings (SSSR count). The third kappa shape index (κ3) is 2.94. The number of benzene rings is 1. The normalized spacial score (nSPS) is 39.2. The predicted octanol–water partition coefficient (Wildman–Crippen LogP) is 5.27. The minimum Gasteiger partial charge on any atom is -0.490 e. The SMILES string of the molecule is CCCCOc1ccc2c3c1O[C@H]1[C@]4(OC)C=CC5(C[C@@H]4[C@](C)(O)CCC(C)C)[C@@H](C2)N(C)CC[C@]315. The zero-order valence-electron chi connectivity index (χ0n) is 23.1. The lowest BCUT2D eigenvalue weighted by atomic mass is 9.36. The van der Waals surface area contributed by atoms with Crippen LogP contribution in [0.1, 0.15) is 77.3 Å².